The van der Waals surface area contributed by atoms with Crippen LogP contribution in [0.5, 0.6) is 0 Å². The Morgan fingerprint density at radius 2 is 2.06 bits per heavy atom. The lowest BCUT2D eigenvalue weighted by atomic mass is 10.0. The SMILES string of the molecule is CCNC(C)(C)C(=O)Nc1ccc(C)cc1F. The normalized spacial score (nSPS) is 11.4. The molecular weight excluding hydrogens is 219 g/mol. The van der Waals surface area contributed by atoms with Gasteiger partial charge in [0.05, 0.1) is 11.2 Å². The number of carbonyl (C=O) groups is 1. The van der Waals surface area contributed by atoms with Gasteiger partial charge in [-0.15, -0.1) is 0 Å². The van der Waals surface area contributed by atoms with Crippen molar-refractivity contribution >= 4 is 11.6 Å². The molecule has 1 aromatic rings. The van der Waals surface area contributed by atoms with Crippen LogP contribution in [-0.2, 0) is 4.79 Å². The Bertz CT molecular complexity index is 416. The van der Waals surface area contributed by atoms with Crippen molar-refractivity contribution in [3.8, 4) is 0 Å². The molecule has 0 aromatic heterocycles. The number of nitrogens with one attached hydrogen (secondary N) is 2. The highest BCUT2D eigenvalue weighted by atomic mass is 19.1. The highest BCUT2D eigenvalue weighted by molar-refractivity contribution is 5.97. The lowest BCUT2D eigenvalue weighted by Gasteiger charge is -2.24. The van der Waals surface area contributed by atoms with Crippen molar-refractivity contribution in [1.82, 2.24) is 5.32 Å². The van der Waals surface area contributed by atoms with Crippen molar-refractivity contribution in [2.45, 2.75) is 33.2 Å². The minimum Gasteiger partial charge on any atom is -0.322 e. The molecule has 2 N–H and O–H groups in total. The fourth-order valence-electron chi connectivity index (χ4n) is 1.52. The number of likely N-dealkylation sites (N-methyl/N-ethyl adjacent to an activating group) is 1. The second-order valence-corrected chi connectivity index (χ2v) is 4.59. The highest BCUT2D eigenvalue weighted by Gasteiger charge is 2.26. The van der Waals surface area contributed by atoms with Crippen molar-refractivity contribution in [1.29, 1.82) is 0 Å². The number of hydrogen-bond donors (Lipinski definition) is 2. The quantitative estimate of drug-likeness (QED) is 0.846. The van der Waals surface area contributed by atoms with Crippen LogP contribution in [0, 0.1) is 12.7 Å². The summed E-state index contributed by atoms with van der Waals surface area (Å²) in [4.78, 5) is 11.9. The smallest absolute Gasteiger partial charge is 0.244 e. The average Bonchev–Trinajstić information content (AvgIpc) is 2.22. The minimum atomic E-state index is -0.716. The first-order valence-corrected chi connectivity index (χ1v) is 5.69. The van der Waals surface area contributed by atoms with Crippen LogP contribution >= 0.6 is 0 Å². The van der Waals surface area contributed by atoms with Crippen LogP contribution in [0.2, 0.25) is 0 Å². The Morgan fingerprint density at radius 1 is 1.41 bits per heavy atom. The van der Waals surface area contributed by atoms with Crippen molar-refractivity contribution in [2.75, 3.05) is 11.9 Å². The Kier molecular flexibility index (Phi) is 4.23. The summed E-state index contributed by atoms with van der Waals surface area (Å²) in [7, 11) is 0. The molecule has 4 heteroatoms. The molecule has 0 heterocycles. The van der Waals surface area contributed by atoms with Crippen molar-refractivity contribution < 1.29 is 9.18 Å². The van der Waals surface area contributed by atoms with Gasteiger partial charge in [0.25, 0.3) is 0 Å². The molecule has 94 valence electrons. The molecule has 0 aliphatic carbocycles. The van der Waals surface area contributed by atoms with Gasteiger partial charge in [-0.3, -0.25) is 4.79 Å². The van der Waals surface area contributed by atoms with E-state index >= 15 is 0 Å². The molecule has 0 atom stereocenters. The van der Waals surface area contributed by atoms with E-state index in [1.807, 2.05) is 6.92 Å². The molecule has 0 bridgehead atoms. The van der Waals surface area contributed by atoms with Crippen LogP contribution in [-0.4, -0.2) is 18.0 Å². The predicted octanol–water partition coefficient (Wildman–Crippen LogP) is 2.46. The summed E-state index contributed by atoms with van der Waals surface area (Å²) < 4.78 is 13.5. The first-order valence-electron chi connectivity index (χ1n) is 5.69. The molecule has 0 saturated heterocycles. The average molecular weight is 238 g/mol. The van der Waals surface area contributed by atoms with Crippen LogP contribution in [0.3, 0.4) is 0 Å². The summed E-state index contributed by atoms with van der Waals surface area (Å²) in [5.74, 6) is -0.659. The van der Waals surface area contributed by atoms with Crippen molar-refractivity contribution in [2.24, 2.45) is 0 Å². The van der Waals surface area contributed by atoms with Crippen LogP contribution < -0.4 is 10.6 Å². The van der Waals surface area contributed by atoms with Crippen LogP contribution in [0.25, 0.3) is 0 Å². The molecule has 0 spiro atoms. The van der Waals surface area contributed by atoms with Crippen molar-refractivity contribution in [3.05, 3.63) is 29.6 Å². The van der Waals surface area contributed by atoms with Gasteiger partial charge in [0, 0.05) is 0 Å². The number of anilines is 1. The Balaban J connectivity index is 2.81. The third kappa shape index (κ3) is 3.53. The van der Waals surface area contributed by atoms with E-state index in [0.717, 1.165) is 5.56 Å². The number of hydrogen-bond acceptors (Lipinski definition) is 2. The minimum absolute atomic E-state index is 0.214. The second-order valence-electron chi connectivity index (χ2n) is 4.59. The van der Waals surface area contributed by atoms with E-state index in [-0.39, 0.29) is 11.6 Å². The fraction of sp³-hybridized carbons (Fsp3) is 0.462. The van der Waals surface area contributed by atoms with Gasteiger partial charge in [-0.25, -0.2) is 4.39 Å². The van der Waals surface area contributed by atoms with Gasteiger partial charge in [0.15, 0.2) is 0 Å². The summed E-state index contributed by atoms with van der Waals surface area (Å²) in [6, 6.07) is 4.74. The molecule has 0 aliphatic rings. The van der Waals surface area contributed by atoms with E-state index < -0.39 is 11.4 Å². The molecule has 0 saturated carbocycles. The molecule has 3 nitrogen and oxygen atoms in total. The predicted molar refractivity (Wildman–Crippen MR) is 67.5 cm³/mol. The van der Waals surface area contributed by atoms with Gasteiger partial charge in [-0.1, -0.05) is 13.0 Å². The molecular formula is C13H19FN2O. The molecule has 17 heavy (non-hydrogen) atoms. The van der Waals surface area contributed by atoms with Crippen LogP contribution in [0.1, 0.15) is 26.3 Å². The second kappa shape index (κ2) is 5.27. The maximum atomic E-state index is 13.5. The van der Waals surface area contributed by atoms with Crippen LogP contribution in [0.4, 0.5) is 10.1 Å². The summed E-state index contributed by atoms with van der Waals surface area (Å²) in [5.41, 5.74) is 0.324. The van der Waals surface area contributed by atoms with E-state index in [4.69, 9.17) is 0 Å². The van der Waals surface area contributed by atoms with Crippen molar-refractivity contribution in [3.63, 3.8) is 0 Å². The van der Waals surface area contributed by atoms with Gasteiger partial charge >= 0.3 is 0 Å². The maximum absolute atomic E-state index is 13.5. The lowest BCUT2D eigenvalue weighted by Crippen LogP contribution is -2.49. The first kappa shape index (κ1) is 13.6. The van der Waals surface area contributed by atoms with Gasteiger partial charge < -0.3 is 10.6 Å². The third-order valence-corrected chi connectivity index (χ3v) is 2.56. The molecule has 0 unspecified atom stereocenters. The number of carbonyl (C=O) groups excluding carboxylic acids is 1. The standard InChI is InChI=1S/C13H19FN2O/c1-5-15-13(3,4)12(17)16-11-7-6-9(2)8-10(11)14/h6-8,15H,5H2,1-4H3,(H,16,17). The maximum Gasteiger partial charge on any atom is 0.244 e. The number of halogens is 1. The van der Waals surface area contributed by atoms with Gasteiger partial charge in [-0.2, -0.15) is 0 Å². The van der Waals surface area contributed by atoms with Gasteiger partial charge in [0.2, 0.25) is 5.91 Å². The fourth-order valence-corrected chi connectivity index (χ4v) is 1.52. The summed E-state index contributed by atoms with van der Waals surface area (Å²) >= 11 is 0. The summed E-state index contributed by atoms with van der Waals surface area (Å²) in [5, 5.41) is 5.62. The van der Waals surface area contributed by atoms with Crippen LogP contribution in [0.15, 0.2) is 18.2 Å². The van der Waals surface area contributed by atoms with E-state index in [9.17, 15) is 9.18 Å². The summed E-state index contributed by atoms with van der Waals surface area (Å²) in [6.07, 6.45) is 0. The number of aryl methyl sites for hydroxylation is 1. The van der Waals surface area contributed by atoms with Gasteiger partial charge in [-0.05, 0) is 45.0 Å². The zero-order valence-corrected chi connectivity index (χ0v) is 10.7. The number of benzene rings is 1. The van der Waals surface area contributed by atoms with E-state index in [1.54, 1.807) is 32.9 Å². The zero-order chi connectivity index (χ0) is 13.1. The molecule has 1 aromatic carbocycles. The molecule has 1 rings (SSSR count). The Labute approximate surface area is 101 Å². The van der Waals surface area contributed by atoms with E-state index in [0.29, 0.717) is 6.54 Å². The topological polar surface area (TPSA) is 41.1 Å². The molecule has 0 fully saturated rings. The lowest BCUT2D eigenvalue weighted by molar-refractivity contribution is -0.121. The van der Waals surface area contributed by atoms with Gasteiger partial charge in [0.1, 0.15) is 5.82 Å². The first-order chi connectivity index (χ1) is 7.86. The third-order valence-electron chi connectivity index (χ3n) is 2.56. The van der Waals surface area contributed by atoms with E-state index in [1.165, 1.54) is 6.07 Å². The Morgan fingerprint density at radius 3 is 2.59 bits per heavy atom. The number of amides is 1. The Hall–Kier alpha value is -1.42. The highest BCUT2D eigenvalue weighted by Crippen LogP contribution is 2.17. The molecule has 0 aliphatic heterocycles. The largest absolute Gasteiger partial charge is 0.322 e. The summed E-state index contributed by atoms with van der Waals surface area (Å²) in [6.45, 7) is 7.92. The molecule has 0 radical (unpaired) electrons. The zero-order valence-electron chi connectivity index (χ0n) is 10.7. The van der Waals surface area contributed by atoms with E-state index in [2.05, 4.69) is 10.6 Å². The monoisotopic (exact) mass is 238 g/mol. The number of rotatable bonds is 4. The molecule has 1 amide bonds.